The van der Waals surface area contributed by atoms with Crippen LogP contribution in [0, 0.1) is 5.92 Å². The molecule has 76 valence electrons. The predicted octanol–water partition coefficient (Wildman–Crippen LogP) is -0.0149. The molecule has 0 unspecified atom stereocenters. The van der Waals surface area contributed by atoms with Crippen LogP contribution in [-0.4, -0.2) is 39.9 Å². The van der Waals surface area contributed by atoms with Gasteiger partial charge < -0.3 is 14.2 Å². The van der Waals surface area contributed by atoms with E-state index in [4.69, 9.17) is 4.74 Å². The summed E-state index contributed by atoms with van der Waals surface area (Å²) >= 11 is 0. The van der Waals surface area contributed by atoms with Crippen LogP contribution < -0.4 is 0 Å². The average Bonchev–Trinajstić information content (AvgIpc) is 2.15. The predicted molar refractivity (Wildman–Crippen MR) is 44.0 cm³/mol. The Bertz CT molecular complexity index is 177. The van der Waals surface area contributed by atoms with Crippen LogP contribution in [0.15, 0.2) is 0 Å². The van der Waals surface area contributed by atoms with Crippen molar-refractivity contribution in [1.29, 1.82) is 0 Å². The summed E-state index contributed by atoms with van der Waals surface area (Å²) in [5.41, 5.74) is 0. The summed E-state index contributed by atoms with van der Waals surface area (Å²) in [5.74, 6) is -1.50. The molecule has 0 aliphatic rings. The number of hydrogen-bond acceptors (Lipinski definition) is 5. The van der Waals surface area contributed by atoms with E-state index >= 15 is 0 Å². The maximum atomic E-state index is 11.0. The molecule has 0 aromatic heterocycles. The lowest BCUT2D eigenvalue weighted by molar-refractivity contribution is -0.153. The second-order valence-electron chi connectivity index (χ2n) is 2.46. The first-order chi connectivity index (χ1) is 6.15. The van der Waals surface area contributed by atoms with Gasteiger partial charge in [-0.3, -0.25) is 9.59 Å². The van der Waals surface area contributed by atoms with Crippen LogP contribution in [0.2, 0.25) is 0 Å². The molecular weight excluding hydrogens is 176 g/mol. The summed E-state index contributed by atoms with van der Waals surface area (Å²) < 4.78 is 13.7. The zero-order valence-corrected chi connectivity index (χ0v) is 8.03. The van der Waals surface area contributed by atoms with Crippen molar-refractivity contribution in [3.63, 3.8) is 0 Å². The Morgan fingerprint density at radius 3 is 2.15 bits per heavy atom. The monoisotopic (exact) mass is 190 g/mol. The maximum absolute atomic E-state index is 11.0. The van der Waals surface area contributed by atoms with Crippen LogP contribution in [0.5, 0.6) is 0 Å². The number of carbonyl (C=O) groups excluding carboxylic acids is 2. The van der Waals surface area contributed by atoms with E-state index in [-0.39, 0.29) is 13.0 Å². The summed E-state index contributed by atoms with van der Waals surface area (Å²) in [6.45, 7) is 0.155. The van der Waals surface area contributed by atoms with E-state index in [1.165, 1.54) is 21.3 Å². The highest BCUT2D eigenvalue weighted by molar-refractivity contribution is 5.79. The fourth-order valence-electron chi connectivity index (χ4n) is 0.863. The van der Waals surface area contributed by atoms with Crippen LogP contribution >= 0.6 is 0 Å². The van der Waals surface area contributed by atoms with Crippen LogP contribution in [-0.2, 0) is 23.8 Å². The van der Waals surface area contributed by atoms with Gasteiger partial charge in [-0.15, -0.1) is 0 Å². The van der Waals surface area contributed by atoms with E-state index in [0.717, 1.165) is 0 Å². The van der Waals surface area contributed by atoms with Crippen molar-refractivity contribution < 1.29 is 23.8 Å². The Morgan fingerprint density at radius 2 is 1.77 bits per heavy atom. The number of esters is 2. The van der Waals surface area contributed by atoms with Crippen molar-refractivity contribution in [1.82, 2.24) is 0 Å². The van der Waals surface area contributed by atoms with Gasteiger partial charge >= 0.3 is 11.9 Å². The Labute approximate surface area is 77.0 Å². The minimum Gasteiger partial charge on any atom is -0.469 e. The molecule has 0 bridgehead atoms. The molecule has 0 N–H and O–H groups in total. The molecule has 0 aromatic carbocycles. The summed E-state index contributed by atoms with van der Waals surface area (Å²) in [7, 11) is 3.99. The number of hydrogen-bond donors (Lipinski definition) is 0. The quantitative estimate of drug-likeness (QED) is 0.570. The van der Waals surface area contributed by atoms with E-state index in [2.05, 4.69) is 9.47 Å². The van der Waals surface area contributed by atoms with Crippen LogP contribution in [0.25, 0.3) is 0 Å². The van der Waals surface area contributed by atoms with Crippen LogP contribution in [0.3, 0.4) is 0 Å². The molecule has 0 aromatic rings. The molecule has 0 aliphatic heterocycles. The SMILES string of the molecule is COC[C@H](CC(=O)OC)C(=O)OC. The molecule has 5 nitrogen and oxygen atoms in total. The van der Waals surface area contributed by atoms with Gasteiger partial charge in [-0.05, 0) is 0 Å². The standard InChI is InChI=1S/C8H14O5/c1-11-5-6(8(10)13-3)4-7(9)12-2/h6H,4-5H2,1-3H3/t6-/m0/s1. The first-order valence-corrected chi connectivity index (χ1v) is 3.79. The van der Waals surface area contributed by atoms with Gasteiger partial charge in [0.05, 0.1) is 33.2 Å². The molecule has 0 saturated carbocycles. The zero-order valence-electron chi connectivity index (χ0n) is 8.03. The minimum absolute atomic E-state index is 0.0169. The Balaban J connectivity index is 4.08. The second kappa shape index (κ2) is 6.42. The van der Waals surface area contributed by atoms with Gasteiger partial charge in [-0.2, -0.15) is 0 Å². The smallest absolute Gasteiger partial charge is 0.311 e. The molecule has 0 radical (unpaired) electrons. The summed E-state index contributed by atoms with van der Waals surface area (Å²) in [6.07, 6.45) is -0.0169. The lowest BCUT2D eigenvalue weighted by Gasteiger charge is -2.11. The minimum atomic E-state index is -0.581. The molecule has 0 spiro atoms. The van der Waals surface area contributed by atoms with Gasteiger partial charge in [-0.25, -0.2) is 0 Å². The van der Waals surface area contributed by atoms with Crippen molar-refractivity contribution in [2.24, 2.45) is 5.92 Å². The molecule has 1 atom stereocenters. The Hall–Kier alpha value is -1.10. The van der Waals surface area contributed by atoms with Crippen molar-refractivity contribution in [2.45, 2.75) is 6.42 Å². The normalized spacial score (nSPS) is 11.9. The molecule has 0 amide bonds. The first-order valence-electron chi connectivity index (χ1n) is 3.79. The molecular formula is C8H14O5. The molecule has 0 rings (SSSR count). The molecule has 13 heavy (non-hydrogen) atoms. The van der Waals surface area contributed by atoms with Gasteiger partial charge in [0.25, 0.3) is 0 Å². The van der Waals surface area contributed by atoms with Gasteiger partial charge in [0.15, 0.2) is 0 Å². The summed E-state index contributed by atoms with van der Waals surface area (Å²) in [6, 6.07) is 0. The molecule has 0 fully saturated rings. The van der Waals surface area contributed by atoms with Crippen molar-refractivity contribution in [3.05, 3.63) is 0 Å². The summed E-state index contributed by atoms with van der Waals surface area (Å²) in [5, 5.41) is 0. The lowest BCUT2D eigenvalue weighted by atomic mass is 10.1. The highest BCUT2D eigenvalue weighted by Crippen LogP contribution is 2.06. The van der Waals surface area contributed by atoms with Crippen LogP contribution in [0.1, 0.15) is 6.42 Å². The van der Waals surface area contributed by atoms with Gasteiger partial charge in [-0.1, -0.05) is 0 Å². The third kappa shape index (κ3) is 4.47. The first kappa shape index (κ1) is 11.9. The topological polar surface area (TPSA) is 61.8 Å². The molecule has 0 heterocycles. The number of ether oxygens (including phenoxy) is 3. The van der Waals surface area contributed by atoms with E-state index in [0.29, 0.717) is 0 Å². The van der Waals surface area contributed by atoms with Gasteiger partial charge in [0, 0.05) is 7.11 Å². The Morgan fingerprint density at radius 1 is 1.15 bits per heavy atom. The highest BCUT2D eigenvalue weighted by atomic mass is 16.5. The fourth-order valence-corrected chi connectivity index (χ4v) is 0.863. The average molecular weight is 190 g/mol. The second-order valence-corrected chi connectivity index (χ2v) is 2.46. The highest BCUT2D eigenvalue weighted by Gasteiger charge is 2.22. The van der Waals surface area contributed by atoms with E-state index in [1.54, 1.807) is 0 Å². The van der Waals surface area contributed by atoms with Crippen LogP contribution in [0.4, 0.5) is 0 Å². The van der Waals surface area contributed by atoms with Crippen molar-refractivity contribution in [3.8, 4) is 0 Å². The zero-order chi connectivity index (χ0) is 10.3. The number of carbonyl (C=O) groups is 2. The van der Waals surface area contributed by atoms with Gasteiger partial charge in [0.2, 0.25) is 0 Å². The lowest BCUT2D eigenvalue weighted by Crippen LogP contribution is -2.24. The Kier molecular flexibility index (Phi) is 5.88. The number of rotatable bonds is 5. The van der Waals surface area contributed by atoms with E-state index in [9.17, 15) is 9.59 Å². The molecule has 0 saturated heterocycles. The van der Waals surface area contributed by atoms with E-state index < -0.39 is 17.9 Å². The summed E-state index contributed by atoms with van der Waals surface area (Å²) in [4.78, 5) is 21.9. The maximum Gasteiger partial charge on any atom is 0.311 e. The largest absolute Gasteiger partial charge is 0.469 e. The molecule has 5 heteroatoms. The van der Waals surface area contributed by atoms with Crippen molar-refractivity contribution in [2.75, 3.05) is 27.9 Å². The number of methoxy groups -OCH3 is 3. The molecule has 0 aliphatic carbocycles. The van der Waals surface area contributed by atoms with Gasteiger partial charge in [0.1, 0.15) is 0 Å². The fraction of sp³-hybridized carbons (Fsp3) is 0.750. The third-order valence-corrected chi connectivity index (χ3v) is 1.54. The third-order valence-electron chi connectivity index (χ3n) is 1.54. The van der Waals surface area contributed by atoms with E-state index in [1.807, 2.05) is 0 Å². The van der Waals surface area contributed by atoms with Crippen molar-refractivity contribution >= 4 is 11.9 Å².